The number of amides is 2. The van der Waals surface area contributed by atoms with Crippen molar-refractivity contribution in [2.75, 3.05) is 11.7 Å². The summed E-state index contributed by atoms with van der Waals surface area (Å²) in [5, 5.41) is 7.24. The number of anilines is 1. The van der Waals surface area contributed by atoms with Crippen molar-refractivity contribution in [2.24, 2.45) is 0 Å². The van der Waals surface area contributed by atoms with Crippen LogP contribution in [0.4, 0.5) is 14.9 Å². The van der Waals surface area contributed by atoms with Gasteiger partial charge in [0.1, 0.15) is 5.82 Å². The van der Waals surface area contributed by atoms with Gasteiger partial charge in [-0.2, -0.15) is 4.98 Å². The number of urea groups is 1. The van der Waals surface area contributed by atoms with Crippen LogP contribution in [0.25, 0.3) is 17.0 Å². The molecule has 186 valence electrons. The molecule has 0 bridgehead atoms. The van der Waals surface area contributed by atoms with E-state index in [-0.39, 0.29) is 18.7 Å². The van der Waals surface area contributed by atoms with E-state index in [0.29, 0.717) is 39.8 Å². The lowest BCUT2D eigenvalue weighted by Gasteiger charge is -2.35. The Morgan fingerprint density at radius 2 is 1.86 bits per heavy atom. The highest BCUT2D eigenvalue weighted by Gasteiger charge is 2.36. The first-order chi connectivity index (χ1) is 18.0. The van der Waals surface area contributed by atoms with Gasteiger partial charge in [0.15, 0.2) is 11.5 Å². The second-order valence-electron chi connectivity index (χ2n) is 8.78. The van der Waals surface area contributed by atoms with Crippen LogP contribution in [0.15, 0.2) is 77.0 Å². The van der Waals surface area contributed by atoms with Crippen LogP contribution in [0.2, 0.25) is 0 Å². The van der Waals surface area contributed by atoms with E-state index in [1.807, 2.05) is 30.3 Å². The lowest BCUT2D eigenvalue weighted by atomic mass is 9.93. The van der Waals surface area contributed by atoms with E-state index >= 15 is 0 Å². The maximum atomic E-state index is 14.1. The fourth-order valence-corrected chi connectivity index (χ4v) is 4.63. The normalized spacial score (nSPS) is 16.8. The van der Waals surface area contributed by atoms with E-state index in [2.05, 4.69) is 22.4 Å². The third-order valence-corrected chi connectivity index (χ3v) is 6.56. The molecule has 0 spiro atoms. The Balaban J connectivity index is 1.46. The molecule has 2 aliphatic heterocycles. The fraction of sp³-hybridized carbons (Fsp3) is 0.179. The molecule has 0 saturated heterocycles. The number of carbonyl (C=O) groups excluding carboxylic acids is 1. The van der Waals surface area contributed by atoms with Crippen molar-refractivity contribution in [3.8, 4) is 22.9 Å². The molecule has 0 fully saturated rings. The minimum Gasteiger partial charge on any atom is -0.454 e. The molecule has 9 heteroatoms. The molecule has 6 rings (SSSR count). The van der Waals surface area contributed by atoms with Gasteiger partial charge in [-0.15, -0.1) is 0 Å². The molecule has 0 aliphatic carbocycles. The number of hydrogen-bond donors (Lipinski definition) is 1. The number of halogens is 1. The number of fused-ring (bicyclic) bond motifs is 1. The zero-order valence-electron chi connectivity index (χ0n) is 20.2. The quantitative estimate of drug-likeness (QED) is 0.370. The standard InChI is InChI=1S/C28H23FN4O4/c1-3-17-7-9-18(10-8-17)25-24(16(2)33(28(34)30-25)21-6-4-5-20(29)14-21)27-31-26(32-37-27)19-11-12-22-23(13-19)36-15-35-22/h4-14,25H,3,15H2,1-2H3,(H,30,34). The van der Waals surface area contributed by atoms with Crippen molar-refractivity contribution < 1.29 is 23.2 Å². The van der Waals surface area contributed by atoms with Gasteiger partial charge < -0.3 is 19.3 Å². The first-order valence-electron chi connectivity index (χ1n) is 11.9. The third-order valence-electron chi connectivity index (χ3n) is 6.56. The number of allylic oxidation sites excluding steroid dienone is 1. The number of nitrogens with one attached hydrogen (secondary N) is 1. The highest BCUT2D eigenvalue weighted by atomic mass is 19.1. The van der Waals surface area contributed by atoms with Crippen LogP contribution in [0, 0.1) is 5.82 Å². The first-order valence-corrected chi connectivity index (χ1v) is 11.9. The molecule has 0 radical (unpaired) electrons. The predicted octanol–water partition coefficient (Wildman–Crippen LogP) is 5.87. The Bertz CT molecular complexity index is 1530. The summed E-state index contributed by atoms with van der Waals surface area (Å²) in [6, 6.07) is 18.4. The molecule has 1 N–H and O–H groups in total. The predicted molar refractivity (Wildman–Crippen MR) is 134 cm³/mol. The average Bonchev–Trinajstić information content (AvgIpc) is 3.58. The molecule has 0 saturated carbocycles. The highest BCUT2D eigenvalue weighted by molar-refractivity contribution is 6.01. The number of aromatic nitrogens is 2. The van der Waals surface area contributed by atoms with Crippen molar-refractivity contribution in [1.29, 1.82) is 0 Å². The van der Waals surface area contributed by atoms with E-state index < -0.39 is 11.9 Å². The smallest absolute Gasteiger partial charge is 0.327 e. The van der Waals surface area contributed by atoms with Crippen molar-refractivity contribution in [3.63, 3.8) is 0 Å². The minimum absolute atomic E-state index is 0.163. The van der Waals surface area contributed by atoms with Crippen LogP contribution in [0.5, 0.6) is 11.5 Å². The molecular formula is C28H23FN4O4. The number of hydrogen-bond acceptors (Lipinski definition) is 6. The third kappa shape index (κ3) is 4.08. The van der Waals surface area contributed by atoms with Crippen molar-refractivity contribution >= 4 is 17.3 Å². The highest BCUT2D eigenvalue weighted by Crippen LogP contribution is 2.40. The molecule has 1 aromatic heterocycles. The molecular weight excluding hydrogens is 475 g/mol. The van der Waals surface area contributed by atoms with E-state index in [9.17, 15) is 9.18 Å². The fourth-order valence-electron chi connectivity index (χ4n) is 4.63. The van der Waals surface area contributed by atoms with E-state index in [0.717, 1.165) is 12.0 Å². The Kier molecular flexibility index (Phi) is 5.60. The monoisotopic (exact) mass is 498 g/mol. The van der Waals surface area contributed by atoms with Crippen molar-refractivity contribution in [3.05, 3.63) is 95.3 Å². The lowest BCUT2D eigenvalue weighted by molar-refractivity contribution is 0.174. The summed E-state index contributed by atoms with van der Waals surface area (Å²) < 4.78 is 30.7. The van der Waals surface area contributed by atoms with E-state index in [1.165, 1.54) is 22.6 Å². The molecule has 4 aromatic rings. The summed E-state index contributed by atoms with van der Waals surface area (Å²) in [4.78, 5) is 19.4. The SMILES string of the molecule is CCc1ccc(C2NC(=O)N(c3cccc(F)c3)C(C)=C2c2nc(-c3ccc4c(c3)OCO4)no2)cc1. The van der Waals surface area contributed by atoms with Gasteiger partial charge in [0.05, 0.1) is 17.3 Å². The molecule has 1 unspecified atom stereocenters. The second kappa shape index (κ2) is 9.09. The second-order valence-corrected chi connectivity index (χ2v) is 8.78. The topological polar surface area (TPSA) is 89.7 Å². The zero-order chi connectivity index (χ0) is 25.5. The van der Waals surface area contributed by atoms with Gasteiger partial charge in [-0.3, -0.25) is 4.90 Å². The molecule has 2 aliphatic rings. The number of ether oxygens (including phenoxy) is 2. The lowest BCUT2D eigenvalue weighted by Crippen LogP contribution is -2.46. The molecule has 1 atom stereocenters. The molecule has 2 amide bonds. The summed E-state index contributed by atoms with van der Waals surface area (Å²) in [5.74, 6) is 1.43. The summed E-state index contributed by atoms with van der Waals surface area (Å²) in [6.07, 6.45) is 0.898. The number of benzene rings is 3. The van der Waals surface area contributed by atoms with Crippen LogP contribution in [-0.4, -0.2) is 23.0 Å². The number of carbonyl (C=O) groups is 1. The van der Waals surface area contributed by atoms with E-state index in [4.69, 9.17) is 14.0 Å². The van der Waals surface area contributed by atoms with Gasteiger partial charge in [0.25, 0.3) is 5.89 Å². The van der Waals surface area contributed by atoms with Crippen LogP contribution in [0.1, 0.15) is 36.9 Å². The summed E-state index contributed by atoms with van der Waals surface area (Å²) in [6.45, 7) is 4.03. The molecule has 3 heterocycles. The van der Waals surface area contributed by atoms with Crippen LogP contribution >= 0.6 is 0 Å². The largest absolute Gasteiger partial charge is 0.454 e. The maximum Gasteiger partial charge on any atom is 0.327 e. The van der Waals surface area contributed by atoms with Gasteiger partial charge in [-0.1, -0.05) is 42.4 Å². The van der Waals surface area contributed by atoms with Gasteiger partial charge in [-0.25, -0.2) is 9.18 Å². The first kappa shape index (κ1) is 22.8. The number of rotatable bonds is 5. The summed E-state index contributed by atoms with van der Waals surface area (Å²) in [7, 11) is 0. The van der Waals surface area contributed by atoms with E-state index in [1.54, 1.807) is 31.2 Å². The molecule has 8 nitrogen and oxygen atoms in total. The Morgan fingerprint density at radius 1 is 1.05 bits per heavy atom. The number of nitrogens with zero attached hydrogens (tertiary/aromatic N) is 3. The van der Waals surface area contributed by atoms with Gasteiger partial charge in [0.2, 0.25) is 12.6 Å². The number of aryl methyl sites for hydroxylation is 1. The maximum absolute atomic E-state index is 14.1. The Morgan fingerprint density at radius 3 is 2.65 bits per heavy atom. The van der Waals surface area contributed by atoms with Gasteiger partial charge in [-0.05, 0) is 60.9 Å². The summed E-state index contributed by atoms with van der Waals surface area (Å²) in [5.41, 5.74) is 4.30. The van der Waals surface area contributed by atoms with Crippen LogP contribution in [0.3, 0.4) is 0 Å². The van der Waals surface area contributed by atoms with Gasteiger partial charge in [0, 0.05) is 11.3 Å². The van der Waals surface area contributed by atoms with Crippen molar-refractivity contribution in [1.82, 2.24) is 15.5 Å². The average molecular weight is 499 g/mol. The Labute approximate surface area is 212 Å². The van der Waals surface area contributed by atoms with Crippen LogP contribution in [-0.2, 0) is 6.42 Å². The van der Waals surface area contributed by atoms with Gasteiger partial charge >= 0.3 is 6.03 Å². The zero-order valence-corrected chi connectivity index (χ0v) is 20.2. The molecule has 3 aromatic carbocycles. The Hall–Kier alpha value is -4.66. The van der Waals surface area contributed by atoms with Crippen molar-refractivity contribution in [2.45, 2.75) is 26.3 Å². The summed E-state index contributed by atoms with van der Waals surface area (Å²) >= 11 is 0. The minimum atomic E-state index is -0.548. The van der Waals surface area contributed by atoms with Crippen LogP contribution < -0.4 is 19.7 Å². The molecule has 37 heavy (non-hydrogen) atoms.